The lowest BCUT2D eigenvalue weighted by Crippen LogP contribution is -2.14. The lowest BCUT2D eigenvalue weighted by molar-refractivity contribution is -0.117. The number of carbonyl (C=O) groups excluding carboxylic acids is 1. The molecular formula is C18H17F2IN5O2P. The van der Waals surface area contributed by atoms with E-state index in [-0.39, 0.29) is 24.0 Å². The molecule has 1 unspecified atom stereocenters. The lowest BCUT2D eigenvalue weighted by atomic mass is 10.2. The van der Waals surface area contributed by atoms with E-state index >= 15 is 0 Å². The van der Waals surface area contributed by atoms with Gasteiger partial charge in [-0.25, -0.2) is 18.7 Å². The summed E-state index contributed by atoms with van der Waals surface area (Å²) in [5.74, 6) is 0.408. The van der Waals surface area contributed by atoms with E-state index in [1.54, 1.807) is 25.3 Å². The predicted octanol–water partition coefficient (Wildman–Crippen LogP) is 5.26. The highest BCUT2D eigenvalue weighted by atomic mass is 127. The molecule has 1 atom stereocenters. The Morgan fingerprint density at radius 1 is 1.31 bits per heavy atom. The van der Waals surface area contributed by atoms with Crippen molar-refractivity contribution in [1.82, 2.24) is 14.3 Å². The van der Waals surface area contributed by atoms with Crippen molar-refractivity contribution in [1.29, 1.82) is 0 Å². The van der Waals surface area contributed by atoms with E-state index in [0.717, 1.165) is 12.8 Å². The average Bonchev–Trinajstić information content (AvgIpc) is 3.49. The highest BCUT2D eigenvalue weighted by molar-refractivity contribution is 14.2. The van der Waals surface area contributed by atoms with Crippen LogP contribution in [0.1, 0.15) is 25.1 Å². The molecule has 2 heterocycles. The van der Waals surface area contributed by atoms with Crippen molar-refractivity contribution in [2.24, 2.45) is 5.92 Å². The number of nitrogens with one attached hydrogen (secondary N) is 2. The third kappa shape index (κ3) is 4.13. The normalized spacial score (nSPS) is 14.1. The number of hydrogen-bond donors (Lipinski definition) is 2. The van der Waals surface area contributed by atoms with Crippen LogP contribution in [-0.4, -0.2) is 27.3 Å². The van der Waals surface area contributed by atoms with Crippen LogP contribution in [-0.2, 0) is 4.79 Å². The number of imidazole rings is 1. The zero-order valence-electron chi connectivity index (χ0n) is 15.2. The largest absolute Gasteiger partial charge is 0.495 e. The molecule has 3 aromatic rings. The summed E-state index contributed by atoms with van der Waals surface area (Å²) in [4.78, 5) is 20.8. The second-order valence-corrected chi connectivity index (χ2v) is 8.57. The number of ether oxygens (including phenoxy) is 1. The molecule has 11 heteroatoms. The standard InChI is InChI=1S/C18H17F2IN5O2P/c1-28-12-5-3-2-4-10(12)22-11-8-13(24-18(27)9-6-7-9)23-16-14(11)25-17(15(19)20)26(16)29-21/h2-5,8-9,15,29H,6-7H2,1H3,(H2,22,23,24,27). The lowest BCUT2D eigenvalue weighted by Gasteiger charge is -2.13. The molecular weight excluding hydrogens is 514 g/mol. The molecule has 29 heavy (non-hydrogen) atoms. The maximum atomic E-state index is 13.5. The molecule has 2 aromatic heterocycles. The molecule has 1 saturated carbocycles. The molecule has 0 bridgehead atoms. The van der Waals surface area contributed by atoms with E-state index in [0.29, 0.717) is 34.1 Å². The van der Waals surface area contributed by atoms with Crippen molar-refractivity contribution in [2.75, 3.05) is 17.7 Å². The Balaban J connectivity index is 1.84. The van der Waals surface area contributed by atoms with E-state index in [4.69, 9.17) is 4.74 Å². The van der Waals surface area contributed by atoms with Crippen LogP contribution in [0.3, 0.4) is 0 Å². The van der Waals surface area contributed by atoms with Crippen molar-refractivity contribution in [3.05, 3.63) is 36.2 Å². The van der Waals surface area contributed by atoms with Gasteiger partial charge in [0.15, 0.2) is 11.5 Å². The smallest absolute Gasteiger partial charge is 0.295 e. The number of alkyl halides is 2. The van der Waals surface area contributed by atoms with Crippen LogP contribution in [0.2, 0.25) is 0 Å². The van der Waals surface area contributed by atoms with Gasteiger partial charge in [0.05, 0.1) is 24.9 Å². The van der Waals surface area contributed by atoms with E-state index in [2.05, 4.69) is 20.6 Å². The van der Waals surface area contributed by atoms with Gasteiger partial charge < -0.3 is 15.4 Å². The SMILES string of the molecule is COc1ccccc1Nc1cc(NC(=O)C2CC2)nc2c1nc(C(F)F)n2PI. The third-order valence-corrected chi connectivity index (χ3v) is 6.55. The Hall–Kier alpha value is -2.07. The number of nitrogens with zero attached hydrogens (tertiary/aromatic N) is 3. The maximum Gasteiger partial charge on any atom is 0.295 e. The van der Waals surface area contributed by atoms with Crippen LogP contribution < -0.4 is 15.4 Å². The molecule has 4 rings (SSSR count). The topological polar surface area (TPSA) is 81.1 Å². The number of para-hydroxylation sites is 2. The Kier molecular flexibility index (Phi) is 5.82. The summed E-state index contributed by atoms with van der Waals surface area (Å²) >= 11 is 2.01. The number of amides is 1. The van der Waals surface area contributed by atoms with Gasteiger partial charge in [-0.05, 0) is 47.0 Å². The highest BCUT2D eigenvalue weighted by Crippen LogP contribution is 2.39. The summed E-state index contributed by atoms with van der Waals surface area (Å²) in [7, 11) is 1.55. The second kappa shape index (κ2) is 8.35. The molecule has 0 saturated heterocycles. The van der Waals surface area contributed by atoms with Crippen molar-refractivity contribution < 1.29 is 18.3 Å². The quantitative estimate of drug-likeness (QED) is 0.321. The predicted molar refractivity (Wildman–Crippen MR) is 118 cm³/mol. The summed E-state index contributed by atoms with van der Waals surface area (Å²) < 4.78 is 33.8. The zero-order valence-corrected chi connectivity index (χ0v) is 18.4. The highest BCUT2D eigenvalue weighted by Gasteiger charge is 2.30. The summed E-state index contributed by atoms with van der Waals surface area (Å²) in [5, 5.41) is 5.98. The molecule has 1 aromatic carbocycles. The van der Waals surface area contributed by atoms with Crippen LogP contribution in [0.5, 0.6) is 5.75 Å². The van der Waals surface area contributed by atoms with Gasteiger partial charge in [0.1, 0.15) is 17.1 Å². The molecule has 7 nitrogen and oxygen atoms in total. The van der Waals surface area contributed by atoms with Gasteiger partial charge in [-0.2, -0.15) is 0 Å². The molecule has 152 valence electrons. The number of rotatable bonds is 7. The van der Waals surface area contributed by atoms with Crippen molar-refractivity contribution in [3.8, 4) is 5.75 Å². The number of benzene rings is 1. The first-order chi connectivity index (χ1) is 14.0. The number of methoxy groups -OCH3 is 1. The third-order valence-electron chi connectivity index (χ3n) is 4.50. The number of anilines is 3. The summed E-state index contributed by atoms with van der Waals surface area (Å²) in [5.41, 5.74) is 1.70. The number of hydrogen-bond acceptors (Lipinski definition) is 5. The average molecular weight is 531 g/mol. The molecule has 1 amide bonds. The Bertz CT molecular complexity index is 1070. The zero-order chi connectivity index (χ0) is 20.5. The number of carbonyl (C=O) groups is 1. The van der Waals surface area contributed by atoms with E-state index < -0.39 is 6.43 Å². The van der Waals surface area contributed by atoms with Gasteiger partial charge in [-0.15, -0.1) is 0 Å². The Morgan fingerprint density at radius 2 is 2.07 bits per heavy atom. The number of fused-ring (bicyclic) bond motifs is 1. The first-order valence-corrected chi connectivity index (χ1v) is 12.9. The number of aromatic nitrogens is 3. The Morgan fingerprint density at radius 3 is 2.72 bits per heavy atom. The monoisotopic (exact) mass is 531 g/mol. The van der Waals surface area contributed by atoms with E-state index in [1.807, 2.05) is 34.2 Å². The fourth-order valence-corrected chi connectivity index (χ4v) is 4.82. The minimum Gasteiger partial charge on any atom is -0.495 e. The molecule has 1 aliphatic carbocycles. The number of pyridine rings is 1. The fourth-order valence-electron chi connectivity index (χ4n) is 2.92. The van der Waals surface area contributed by atoms with Gasteiger partial charge in [-0.3, -0.25) is 9.13 Å². The summed E-state index contributed by atoms with van der Waals surface area (Å²) in [6, 6.07) is 8.85. The maximum absolute atomic E-state index is 13.5. The fraction of sp³-hybridized carbons (Fsp3) is 0.278. The Labute approximate surface area is 179 Å². The van der Waals surface area contributed by atoms with Gasteiger partial charge in [0.2, 0.25) is 5.91 Å². The molecule has 0 spiro atoms. The molecule has 2 N–H and O–H groups in total. The molecule has 1 fully saturated rings. The van der Waals surface area contributed by atoms with Crippen LogP contribution in [0.4, 0.5) is 26.0 Å². The molecule has 0 radical (unpaired) electrons. The van der Waals surface area contributed by atoms with Crippen molar-refractivity contribution >= 4 is 62.7 Å². The first kappa shape index (κ1) is 20.2. The summed E-state index contributed by atoms with van der Waals surface area (Å²) in [6.07, 6.45) is -1.06. The van der Waals surface area contributed by atoms with Crippen LogP contribution in [0.15, 0.2) is 30.3 Å². The molecule has 1 aliphatic rings. The first-order valence-electron chi connectivity index (χ1n) is 8.81. The van der Waals surface area contributed by atoms with Gasteiger partial charge in [0.25, 0.3) is 6.43 Å². The summed E-state index contributed by atoms with van der Waals surface area (Å²) in [6.45, 7) is 0. The van der Waals surface area contributed by atoms with Crippen LogP contribution in [0.25, 0.3) is 11.2 Å². The van der Waals surface area contributed by atoms with Crippen LogP contribution in [0, 0.1) is 5.92 Å². The van der Waals surface area contributed by atoms with E-state index in [9.17, 15) is 13.6 Å². The second-order valence-electron chi connectivity index (χ2n) is 6.51. The van der Waals surface area contributed by atoms with Crippen molar-refractivity contribution in [3.63, 3.8) is 0 Å². The van der Waals surface area contributed by atoms with E-state index in [1.165, 1.54) is 4.34 Å². The minimum absolute atomic E-state index is 0.00823. The molecule has 0 aliphatic heterocycles. The van der Waals surface area contributed by atoms with Crippen molar-refractivity contribution in [2.45, 2.75) is 19.3 Å². The minimum atomic E-state index is -2.74. The van der Waals surface area contributed by atoms with Gasteiger partial charge in [-0.1, -0.05) is 12.1 Å². The number of halogens is 3. The van der Waals surface area contributed by atoms with Gasteiger partial charge in [0, 0.05) is 12.0 Å². The van der Waals surface area contributed by atoms with Gasteiger partial charge >= 0.3 is 0 Å². The van der Waals surface area contributed by atoms with Crippen LogP contribution >= 0.6 is 28.4 Å².